The molecule has 24 heteroatoms. The minimum absolute atomic E-state index is 0.0817. The molecule has 30 fully saturated rings. The van der Waals surface area contributed by atoms with Gasteiger partial charge in [0.25, 0.3) is 0 Å². The Morgan fingerprint density at radius 3 is 0.533 bits per heavy atom. The summed E-state index contributed by atoms with van der Waals surface area (Å²) in [5.41, 5.74) is 0. The fourth-order valence-electron chi connectivity index (χ4n) is 10.2. The minimum atomic E-state index is -1.51. The second-order valence-electron chi connectivity index (χ2n) is 16.6. The Bertz CT molecular complexity index is 1550. The molecule has 0 aromatic heterocycles. The van der Waals surface area contributed by atoms with E-state index in [2.05, 4.69) is 0 Å². The highest BCUT2D eigenvalue weighted by Gasteiger charge is 2.64. The summed E-state index contributed by atoms with van der Waals surface area (Å²) in [5.74, 6) is -3.99. The Morgan fingerprint density at radius 2 is 0.383 bits per heavy atom. The monoisotopic (exact) mass is 852 g/mol. The van der Waals surface area contributed by atoms with E-state index >= 15 is 0 Å². The average Bonchev–Trinajstić information content (AvgIpc) is 4.04. The van der Waals surface area contributed by atoms with Crippen LogP contribution < -0.4 is 0 Å². The first kappa shape index (κ1) is 37.8. The summed E-state index contributed by atoms with van der Waals surface area (Å²) in [6, 6.07) is 0. The molecular formula is C36H36O24. The Kier molecular flexibility index (Phi) is 8.76. The molecule has 30 rings (SSSR count). The van der Waals surface area contributed by atoms with Crippen LogP contribution in [-0.2, 0) is 114 Å². The lowest BCUT2D eigenvalue weighted by Crippen LogP contribution is -2.62. The topological polar surface area (TPSA) is 269 Å². The molecule has 30 aliphatic heterocycles. The standard InChI is InChI=1S/C36H36O24/c37-13-25-19-7(1-43-25)49-31(13)56-20-8-2-45-27(20)15(39)33(51-8)58-22-10-4-47-29(22)17(41)35(53-10)60-24-12-6-48-30(24)18(42)36(54-12)59-23-11-5-46-28(23)16(40)34(52-11)57-21-9-3-44-26(21)14(38)32(50-9)55-19/h7-12,19-36H,1-6H2/t7-,8-,9-,10-,11-,12-,19-,20-,21-,22-,23-,24-,25-,26-,27-,28-,29-,30-,31-,32-,33-,34-,35-,36-/m1/s1. The highest BCUT2D eigenvalue weighted by atomic mass is 16.8. The number of carbonyl (C=O) groups is 6. The summed E-state index contributed by atoms with van der Waals surface area (Å²) in [4.78, 5) is 82.2. The van der Waals surface area contributed by atoms with E-state index in [0.717, 1.165) is 0 Å². The van der Waals surface area contributed by atoms with Gasteiger partial charge in [-0.3, -0.25) is 28.8 Å². The van der Waals surface area contributed by atoms with Crippen LogP contribution in [0.3, 0.4) is 0 Å². The van der Waals surface area contributed by atoms with Crippen LogP contribution in [0, 0.1) is 0 Å². The molecule has 24 nitrogen and oxygen atoms in total. The molecule has 0 saturated carbocycles. The fraction of sp³-hybridized carbons (Fsp3) is 0.833. The van der Waals surface area contributed by atoms with E-state index in [-0.39, 0.29) is 39.6 Å². The van der Waals surface area contributed by atoms with Crippen molar-refractivity contribution in [1.82, 2.24) is 0 Å². The van der Waals surface area contributed by atoms with Gasteiger partial charge in [-0.1, -0.05) is 0 Å². The molecule has 0 amide bonds. The fourth-order valence-corrected chi connectivity index (χ4v) is 10.2. The van der Waals surface area contributed by atoms with E-state index in [1.807, 2.05) is 0 Å². The zero-order chi connectivity index (χ0) is 40.3. The maximum atomic E-state index is 13.7. The largest absolute Gasteiger partial charge is 0.365 e. The zero-order valence-electron chi connectivity index (χ0n) is 30.9. The number of hydrogen-bond acceptors (Lipinski definition) is 24. The zero-order valence-corrected chi connectivity index (χ0v) is 30.9. The predicted molar refractivity (Wildman–Crippen MR) is 170 cm³/mol. The highest BCUT2D eigenvalue weighted by Crippen LogP contribution is 2.42. The van der Waals surface area contributed by atoms with Crippen molar-refractivity contribution in [2.24, 2.45) is 0 Å². The smallest absolute Gasteiger partial charge is 0.221 e. The molecular weight excluding hydrogens is 816 g/mol. The highest BCUT2D eigenvalue weighted by molar-refractivity contribution is 5.92. The molecule has 0 spiro atoms. The van der Waals surface area contributed by atoms with Crippen LogP contribution in [0.1, 0.15) is 0 Å². The normalized spacial score (nSPS) is 56.6. The summed E-state index contributed by atoms with van der Waals surface area (Å²) in [6.45, 7) is -0.490. The summed E-state index contributed by atoms with van der Waals surface area (Å²) in [6.07, 6.45) is -28.2. The van der Waals surface area contributed by atoms with Gasteiger partial charge < -0.3 is 85.3 Å². The molecule has 0 aromatic rings. The van der Waals surface area contributed by atoms with Gasteiger partial charge in [-0.25, -0.2) is 0 Å². The number of Topliss-reactive ketones (excluding diaryl/α,β-unsaturated/α-hetero) is 6. The molecule has 24 bridgehead atoms. The van der Waals surface area contributed by atoms with Crippen molar-refractivity contribution in [1.29, 1.82) is 0 Å². The van der Waals surface area contributed by atoms with Crippen molar-refractivity contribution in [2.45, 2.75) is 148 Å². The Hall–Kier alpha value is -2.70. The van der Waals surface area contributed by atoms with Crippen molar-refractivity contribution in [3.05, 3.63) is 0 Å². The summed E-state index contributed by atoms with van der Waals surface area (Å²) in [7, 11) is 0. The van der Waals surface area contributed by atoms with Crippen molar-refractivity contribution in [2.75, 3.05) is 39.6 Å². The molecule has 0 radical (unpaired) electrons. The maximum Gasteiger partial charge on any atom is 0.221 e. The first-order chi connectivity index (χ1) is 29.2. The van der Waals surface area contributed by atoms with E-state index in [4.69, 9.17) is 85.3 Å². The van der Waals surface area contributed by atoms with Crippen LogP contribution in [0.2, 0.25) is 0 Å². The quantitative estimate of drug-likeness (QED) is 0.220. The van der Waals surface area contributed by atoms with Gasteiger partial charge in [0, 0.05) is 0 Å². The Labute approximate surface area is 335 Å². The number of hydrogen-bond donors (Lipinski definition) is 0. The van der Waals surface area contributed by atoms with E-state index < -0.39 is 182 Å². The van der Waals surface area contributed by atoms with Gasteiger partial charge >= 0.3 is 0 Å². The summed E-state index contributed by atoms with van der Waals surface area (Å²) >= 11 is 0. The van der Waals surface area contributed by atoms with Crippen LogP contribution in [0.25, 0.3) is 0 Å². The van der Waals surface area contributed by atoms with E-state index in [1.54, 1.807) is 0 Å². The van der Waals surface area contributed by atoms with Gasteiger partial charge in [-0.2, -0.15) is 0 Å². The third-order valence-corrected chi connectivity index (χ3v) is 13.2. The van der Waals surface area contributed by atoms with E-state index in [0.29, 0.717) is 0 Å². The van der Waals surface area contributed by atoms with Gasteiger partial charge in [0.05, 0.1) is 39.6 Å². The second kappa shape index (κ2) is 13.9. The number of ether oxygens (including phenoxy) is 18. The molecule has 324 valence electrons. The second-order valence-corrected chi connectivity index (χ2v) is 16.6. The average molecular weight is 853 g/mol. The molecule has 24 atom stereocenters. The van der Waals surface area contributed by atoms with Gasteiger partial charge in [0.2, 0.25) is 72.4 Å². The van der Waals surface area contributed by atoms with Gasteiger partial charge in [0.1, 0.15) is 110 Å². The minimum Gasteiger partial charge on any atom is -0.365 e. The molecule has 30 heterocycles. The van der Waals surface area contributed by atoms with Crippen molar-refractivity contribution in [3.8, 4) is 0 Å². The molecule has 30 aliphatic rings. The van der Waals surface area contributed by atoms with Crippen molar-refractivity contribution in [3.63, 3.8) is 0 Å². The summed E-state index contributed by atoms with van der Waals surface area (Å²) < 4.78 is 106. The lowest BCUT2D eigenvalue weighted by Gasteiger charge is -2.41. The third kappa shape index (κ3) is 5.56. The molecule has 0 aliphatic carbocycles. The maximum absolute atomic E-state index is 13.7. The van der Waals surface area contributed by atoms with Crippen molar-refractivity contribution < 1.29 is 114 Å². The van der Waals surface area contributed by atoms with Crippen LogP contribution in [0.15, 0.2) is 0 Å². The van der Waals surface area contributed by atoms with Gasteiger partial charge in [0.15, 0.2) is 0 Å². The van der Waals surface area contributed by atoms with E-state index in [1.165, 1.54) is 0 Å². The predicted octanol–water partition coefficient (Wildman–Crippen LogP) is -5.53. The molecule has 30 saturated heterocycles. The van der Waals surface area contributed by atoms with Crippen LogP contribution in [0.4, 0.5) is 0 Å². The SMILES string of the molecule is O=C1[C@H]2O[C@H]3[C@@H]4OC[C@H]3O[C@H](O[C@H]3[C@@H]5OC[C@H]3O[C@H](O[C@H]3[C@@H]6OC[C@H]3O[C@H](O[C@H]3[C@@H]7OC[C@H]3O[C@H](O[C@H]3[C@@H]8OC[C@H]3O[C@H](O[C@H]3[C@@H]1OC[C@H]3O2)C8=O)C7=O)C6=O)C5=O)C4=O. The summed E-state index contributed by atoms with van der Waals surface area (Å²) in [5, 5.41) is 0. The lowest BCUT2D eigenvalue weighted by atomic mass is 9.99. The number of rotatable bonds is 0. The molecule has 0 aromatic carbocycles. The Balaban J connectivity index is 0.774. The number of carbonyl (C=O) groups excluding carboxylic acids is 6. The number of ketones is 6. The third-order valence-electron chi connectivity index (χ3n) is 13.2. The van der Waals surface area contributed by atoms with Crippen molar-refractivity contribution >= 4 is 34.7 Å². The van der Waals surface area contributed by atoms with Crippen LogP contribution >= 0.6 is 0 Å². The van der Waals surface area contributed by atoms with Gasteiger partial charge in [-0.15, -0.1) is 0 Å². The van der Waals surface area contributed by atoms with Crippen LogP contribution in [-0.4, -0.2) is 222 Å². The van der Waals surface area contributed by atoms with E-state index in [9.17, 15) is 28.8 Å². The van der Waals surface area contributed by atoms with Gasteiger partial charge in [-0.05, 0) is 0 Å². The molecule has 0 unspecified atom stereocenters. The first-order valence-corrected chi connectivity index (χ1v) is 19.9. The lowest BCUT2D eigenvalue weighted by molar-refractivity contribution is -0.297. The first-order valence-electron chi connectivity index (χ1n) is 19.9. The van der Waals surface area contributed by atoms with Crippen LogP contribution in [0.5, 0.6) is 0 Å². The Morgan fingerprint density at radius 1 is 0.233 bits per heavy atom. The molecule has 60 heavy (non-hydrogen) atoms. The molecule has 0 N–H and O–H groups in total.